The van der Waals surface area contributed by atoms with Crippen LogP contribution in [0.3, 0.4) is 0 Å². The fraction of sp³-hybridized carbons (Fsp3) is 0.474. The highest BCUT2D eigenvalue weighted by molar-refractivity contribution is 5.46. The van der Waals surface area contributed by atoms with Crippen LogP contribution in [-0.4, -0.2) is 18.0 Å². The van der Waals surface area contributed by atoms with Crippen LogP contribution in [0.25, 0.3) is 0 Å². The molecular weight excluding hydrogens is 398 g/mol. The van der Waals surface area contributed by atoms with Gasteiger partial charge in [-0.3, -0.25) is 0 Å². The average molecular weight is 418 g/mol. The van der Waals surface area contributed by atoms with E-state index in [0.29, 0.717) is 6.42 Å². The number of rotatable bonds is 4. The minimum absolute atomic E-state index is 0.00442. The summed E-state index contributed by atoms with van der Waals surface area (Å²) in [6, 6.07) is 4.39. The van der Waals surface area contributed by atoms with Crippen molar-refractivity contribution in [2.45, 2.75) is 49.4 Å². The highest BCUT2D eigenvalue weighted by Crippen LogP contribution is 2.49. The number of alkyl halides is 6. The molecule has 2 unspecified atom stereocenters. The number of benzene rings is 1. The molecule has 2 saturated heterocycles. The Balaban J connectivity index is 1.66. The second-order valence-corrected chi connectivity index (χ2v) is 8.01. The van der Waals surface area contributed by atoms with Gasteiger partial charge in [-0.05, 0) is 37.0 Å². The summed E-state index contributed by atoms with van der Waals surface area (Å²) in [7, 11) is 0. The van der Waals surface area contributed by atoms with Gasteiger partial charge in [0.05, 0.1) is 5.66 Å². The molecule has 2 atom stereocenters. The molecule has 4 nitrogen and oxygen atoms in total. The highest BCUT2D eigenvalue weighted by Gasteiger charge is 2.65. The van der Waals surface area contributed by atoms with Crippen LogP contribution in [0, 0.1) is 5.92 Å². The zero-order chi connectivity index (χ0) is 21.3. The minimum atomic E-state index is -4.63. The first kappa shape index (κ1) is 20.4. The van der Waals surface area contributed by atoms with Crippen LogP contribution in [-0.2, 0) is 11.1 Å². The lowest BCUT2D eigenvalue weighted by Gasteiger charge is -2.36. The third-order valence-electron chi connectivity index (χ3n) is 6.20. The van der Waals surface area contributed by atoms with Crippen molar-refractivity contribution in [2.75, 3.05) is 0 Å². The van der Waals surface area contributed by atoms with Gasteiger partial charge in [-0.1, -0.05) is 42.5 Å². The van der Waals surface area contributed by atoms with Gasteiger partial charge >= 0.3 is 12.4 Å². The van der Waals surface area contributed by atoms with E-state index in [1.165, 1.54) is 6.08 Å². The van der Waals surface area contributed by atoms with Gasteiger partial charge in [0.15, 0.2) is 0 Å². The van der Waals surface area contributed by atoms with Crippen LogP contribution in [0.15, 0.2) is 48.1 Å². The first-order chi connectivity index (χ1) is 13.3. The van der Waals surface area contributed by atoms with Gasteiger partial charge in [-0.2, -0.15) is 26.3 Å². The van der Waals surface area contributed by atoms with Gasteiger partial charge in [0.2, 0.25) is 5.66 Å². The monoisotopic (exact) mass is 418 g/mol. The lowest BCUT2D eigenvalue weighted by molar-refractivity contribution is -0.173. The third kappa shape index (κ3) is 3.09. The van der Waals surface area contributed by atoms with Crippen molar-refractivity contribution in [3.8, 4) is 0 Å². The van der Waals surface area contributed by atoms with E-state index in [1.807, 2.05) is 17.8 Å². The summed E-state index contributed by atoms with van der Waals surface area (Å²) in [5.74, 6) is 0.00442. The molecule has 0 aromatic heterocycles. The molecule has 4 rings (SSSR count). The van der Waals surface area contributed by atoms with Crippen molar-refractivity contribution in [2.24, 2.45) is 5.92 Å². The largest absolute Gasteiger partial charge is 0.426 e. The molecule has 0 bridgehead atoms. The maximum Gasteiger partial charge on any atom is 0.426 e. The molecule has 0 spiro atoms. The second-order valence-electron chi connectivity index (χ2n) is 8.01. The number of hydrogen-bond donors (Lipinski definition) is 4. The summed E-state index contributed by atoms with van der Waals surface area (Å²) >= 11 is 0. The lowest BCUT2D eigenvalue weighted by atomic mass is 9.71. The lowest BCUT2D eigenvalue weighted by Crippen LogP contribution is -2.42. The number of nitrogens with one attached hydrogen (secondary N) is 4. The van der Waals surface area contributed by atoms with E-state index in [9.17, 15) is 26.3 Å². The van der Waals surface area contributed by atoms with E-state index in [2.05, 4.69) is 10.9 Å². The minimum Gasteiger partial charge on any atom is -0.235 e. The van der Waals surface area contributed by atoms with Gasteiger partial charge in [-0.25, -0.2) is 21.7 Å². The van der Waals surface area contributed by atoms with E-state index in [-0.39, 0.29) is 28.3 Å². The maximum atomic E-state index is 14.1. The van der Waals surface area contributed by atoms with E-state index >= 15 is 0 Å². The van der Waals surface area contributed by atoms with Crippen LogP contribution in [0.1, 0.15) is 31.4 Å². The summed E-state index contributed by atoms with van der Waals surface area (Å²) in [6.07, 6.45) is -4.08. The normalized spacial score (nSPS) is 27.2. The standard InChI is InChI=1S/C19H20F6N4/c1-15(18(20,21)22,11-3-7-13(8-4-11)16(2)26-27-16)12-5-9-14(10-6-12)17(28-29-17)19(23,24)25/h3-7,9-10,13,26-29H,8H2,1-2H3. The quantitative estimate of drug-likeness (QED) is 0.444. The van der Waals surface area contributed by atoms with Crippen molar-refractivity contribution in [3.05, 3.63) is 59.2 Å². The Kier molecular flexibility index (Phi) is 4.27. The molecule has 158 valence electrons. The summed E-state index contributed by atoms with van der Waals surface area (Å²) in [6.45, 7) is 2.97. The Morgan fingerprint density at radius 1 is 0.931 bits per heavy atom. The Morgan fingerprint density at radius 3 is 1.90 bits per heavy atom. The van der Waals surface area contributed by atoms with Crippen LogP contribution in [0.4, 0.5) is 26.3 Å². The van der Waals surface area contributed by atoms with Gasteiger partial charge in [0.25, 0.3) is 0 Å². The predicted octanol–water partition coefficient (Wildman–Crippen LogP) is 3.66. The smallest absolute Gasteiger partial charge is 0.235 e. The molecular formula is C19H20F6N4. The molecule has 1 aromatic carbocycles. The van der Waals surface area contributed by atoms with Gasteiger partial charge in [0.1, 0.15) is 5.41 Å². The van der Waals surface area contributed by atoms with Crippen molar-refractivity contribution < 1.29 is 26.3 Å². The molecule has 3 aliphatic rings. The van der Waals surface area contributed by atoms with Crippen molar-refractivity contribution in [1.82, 2.24) is 21.7 Å². The van der Waals surface area contributed by atoms with Crippen LogP contribution in [0.2, 0.25) is 0 Å². The molecule has 2 fully saturated rings. The Labute approximate surface area is 163 Å². The zero-order valence-electron chi connectivity index (χ0n) is 15.6. The molecule has 0 saturated carbocycles. The number of hydrazine groups is 2. The Hall–Kier alpha value is -1.88. The highest BCUT2D eigenvalue weighted by atomic mass is 19.4. The average Bonchev–Trinajstić information content (AvgIpc) is 3.56. The Morgan fingerprint density at radius 2 is 1.52 bits per heavy atom. The van der Waals surface area contributed by atoms with Crippen molar-refractivity contribution >= 4 is 0 Å². The summed E-state index contributed by atoms with van der Waals surface area (Å²) < 4.78 is 82.1. The summed E-state index contributed by atoms with van der Waals surface area (Å²) in [4.78, 5) is 0. The zero-order valence-corrected chi connectivity index (χ0v) is 15.6. The first-order valence-corrected chi connectivity index (χ1v) is 9.05. The number of halogens is 6. The first-order valence-electron chi connectivity index (χ1n) is 9.05. The molecule has 1 aliphatic carbocycles. The van der Waals surface area contributed by atoms with E-state index in [1.54, 1.807) is 12.2 Å². The topological polar surface area (TPSA) is 87.8 Å². The SMILES string of the molecule is CC1(C2C=CC(C(C)(c3ccc(C4(C(F)(F)F)NN4)cc3)C(F)(F)F)=CC2)NN1. The van der Waals surface area contributed by atoms with Gasteiger partial charge in [0, 0.05) is 5.92 Å². The van der Waals surface area contributed by atoms with E-state index in [4.69, 9.17) is 0 Å². The second kappa shape index (κ2) is 6.07. The molecule has 2 heterocycles. The number of allylic oxidation sites excluding steroid dienone is 3. The Bertz CT molecular complexity index is 862. The van der Waals surface area contributed by atoms with E-state index in [0.717, 1.165) is 31.2 Å². The van der Waals surface area contributed by atoms with Gasteiger partial charge in [-0.15, -0.1) is 0 Å². The fourth-order valence-corrected chi connectivity index (χ4v) is 3.76. The molecule has 2 aliphatic heterocycles. The number of hydrogen-bond acceptors (Lipinski definition) is 4. The maximum absolute atomic E-state index is 14.1. The summed E-state index contributed by atoms with van der Waals surface area (Å²) in [5, 5.41) is 0. The molecule has 0 radical (unpaired) electrons. The molecule has 10 heteroatoms. The van der Waals surface area contributed by atoms with Gasteiger partial charge < -0.3 is 0 Å². The van der Waals surface area contributed by atoms with Crippen LogP contribution in [0.5, 0.6) is 0 Å². The molecule has 29 heavy (non-hydrogen) atoms. The van der Waals surface area contributed by atoms with Crippen molar-refractivity contribution in [1.29, 1.82) is 0 Å². The molecule has 4 N–H and O–H groups in total. The molecule has 1 aromatic rings. The van der Waals surface area contributed by atoms with E-state index < -0.39 is 23.4 Å². The van der Waals surface area contributed by atoms with Crippen LogP contribution >= 0.6 is 0 Å². The predicted molar refractivity (Wildman–Crippen MR) is 93.9 cm³/mol. The fourth-order valence-electron chi connectivity index (χ4n) is 3.76. The van der Waals surface area contributed by atoms with Crippen LogP contribution < -0.4 is 21.7 Å². The summed E-state index contributed by atoms with van der Waals surface area (Å²) in [5.41, 5.74) is 4.75. The third-order valence-corrected chi connectivity index (χ3v) is 6.20. The molecule has 0 amide bonds. The van der Waals surface area contributed by atoms with Crippen molar-refractivity contribution in [3.63, 3.8) is 0 Å².